The lowest BCUT2D eigenvalue weighted by Crippen LogP contribution is -2.38. The first-order valence-corrected chi connectivity index (χ1v) is 7.98. The summed E-state index contributed by atoms with van der Waals surface area (Å²) in [7, 11) is 0. The second-order valence-electron chi connectivity index (χ2n) is 5.48. The van der Waals surface area contributed by atoms with Crippen LogP contribution in [-0.4, -0.2) is 22.6 Å². The molecule has 2 heterocycles. The molecule has 1 atom stereocenters. The van der Waals surface area contributed by atoms with E-state index in [1.807, 2.05) is 44.2 Å². The molecule has 0 saturated carbocycles. The number of para-hydroxylation sites is 1. The van der Waals surface area contributed by atoms with Gasteiger partial charge in [0.2, 0.25) is 5.89 Å². The van der Waals surface area contributed by atoms with E-state index in [9.17, 15) is 0 Å². The molecule has 0 radical (unpaired) electrons. The summed E-state index contributed by atoms with van der Waals surface area (Å²) in [5.74, 6) is 2.63. The van der Waals surface area contributed by atoms with Gasteiger partial charge in [-0.25, -0.2) is 4.99 Å². The lowest BCUT2D eigenvalue weighted by atomic mass is 10.2. The van der Waals surface area contributed by atoms with Crippen LogP contribution in [-0.2, 0) is 6.54 Å². The molecule has 0 spiro atoms. The minimum Gasteiger partial charge on any atom is -0.459 e. The molecule has 7 heteroatoms. The molecule has 1 unspecified atom stereocenters. The van der Waals surface area contributed by atoms with Crippen molar-refractivity contribution in [3.05, 3.63) is 47.8 Å². The molecule has 0 aliphatic rings. The first-order chi connectivity index (χ1) is 11.7. The lowest BCUT2D eigenvalue weighted by Gasteiger charge is -2.15. The fourth-order valence-corrected chi connectivity index (χ4v) is 2.37. The van der Waals surface area contributed by atoms with E-state index in [0.717, 1.165) is 23.3 Å². The highest BCUT2D eigenvalue weighted by Crippen LogP contribution is 2.23. The number of nitrogens with one attached hydrogen (secondary N) is 2. The molecule has 1 aromatic carbocycles. The van der Waals surface area contributed by atoms with Gasteiger partial charge in [0.15, 0.2) is 11.8 Å². The Morgan fingerprint density at radius 3 is 2.88 bits per heavy atom. The molecule has 0 saturated heterocycles. The zero-order valence-electron chi connectivity index (χ0n) is 14.0. The van der Waals surface area contributed by atoms with Gasteiger partial charge in [0.05, 0.1) is 6.04 Å². The maximum absolute atomic E-state index is 5.89. The van der Waals surface area contributed by atoms with E-state index in [4.69, 9.17) is 8.94 Å². The van der Waals surface area contributed by atoms with Crippen LogP contribution in [0.25, 0.3) is 11.0 Å². The van der Waals surface area contributed by atoms with E-state index in [-0.39, 0.29) is 6.04 Å². The average molecular weight is 327 g/mol. The van der Waals surface area contributed by atoms with Crippen molar-refractivity contribution in [3.8, 4) is 0 Å². The van der Waals surface area contributed by atoms with Crippen LogP contribution in [0.2, 0.25) is 0 Å². The van der Waals surface area contributed by atoms with Crippen molar-refractivity contribution in [1.82, 2.24) is 20.8 Å². The highest BCUT2D eigenvalue weighted by atomic mass is 16.5. The summed E-state index contributed by atoms with van der Waals surface area (Å²) in [5, 5.41) is 11.5. The van der Waals surface area contributed by atoms with Gasteiger partial charge >= 0.3 is 0 Å². The summed E-state index contributed by atoms with van der Waals surface area (Å²) in [4.78, 5) is 8.63. The molecule has 3 aromatic rings. The molecular formula is C17H21N5O2. The Hall–Kier alpha value is -2.83. The van der Waals surface area contributed by atoms with E-state index in [1.54, 1.807) is 6.92 Å². The molecule has 3 rings (SSSR count). The Morgan fingerprint density at radius 1 is 1.33 bits per heavy atom. The van der Waals surface area contributed by atoms with Crippen molar-refractivity contribution < 1.29 is 8.94 Å². The molecule has 2 N–H and O–H groups in total. The van der Waals surface area contributed by atoms with Crippen LogP contribution >= 0.6 is 0 Å². The lowest BCUT2D eigenvalue weighted by molar-refractivity contribution is 0.387. The molecule has 24 heavy (non-hydrogen) atoms. The van der Waals surface area contributed by atoms with Gasteiger partial charge in [-0.1, -0.05) is 23.4 Å². The van der Waals surface area contributed by atoms with Crippen molar-refractivity contribution in [2.45, 2.75) is 33.4 Å². The van der Waals surface area contributed by atoms with E-state index >= 15 is 0 Å². The summed E-state index contributed by atoms with van der Waals surface area (Å²) >= 11 is 0. The Labute approximate surface area is 140 Å². The van der Waals surface area contributed by atoms with E-state index in [1.165, 1.54) is 0 Å². The van der Waals surface area contributed by atoms with Crippen LogP contribution in [0.1, 0.15) is 37.4 Å². The van der Waals surface area contributed by atoms with Crippen LogP contribution in [0, 0.1) is 6.92 Å². The molecule has 7 nitrogen and oxygen atoms in total. The Kier molecular flexibility index (Phi) is 4.79. The highest BCUT2D eigenvalue weighted by molar-refractivity contribution is 5.81. The Morgan fingerprint density at radius 2 is 2.17 bits per heavy atom. The van der Waals surface area contributed by atoms with Crippen LogP contribution in [0.3, 0.4) is 0 Å². The van der Waals surface area contributed by atoms with Crippen molar-refractivity contribution in [2.75, 3.05) is 6.54 Å². The van der Waals surface area contributed by atoms with Gasteiger partial charge in [-0.3, -0.25) is 0 Å². The monoisotopic (exact) mass is 327 g/mol. The molecular weight excluding hydrogens is 306 g/mol. The zero-order valence-corrected chi connectivity index (χ0v) is 14.0. The van der Waals surface area contributed by atoms with Gasteiger partial charge in [-0.05, 0) is 26.0 Å². The quantitative estimate of drug-likeness (QED) is 0.553. The zero-order chi connectivity index (χ0) is 16.9. The van der Waals surface area contributed by atoms with Crippen LogP contribution in [0.5, 0.6) is 0 Å². The molecule has 0 aliphatic heterocycles. The minimum absolute atomic E-state index is 0.0257. The molecule has 2 aromatic heterocycles. The predicted molar refractivity (Wildman–Crippen MR) is 91.6 cm³/mol. The van der Waals surface area contributed by atoms with Gasteiger partial charge in [0.25, 0.3) is 0 Å². The van der Waals surface area contributed by atoms with Crippen molar-refractivity contribution in [3.63, 3.8) is 0 Å². The molecule has 0 aliphatic carbocycles. The number of fused-ring (bicyclic) bond motifs is 1. The smallest absolute Gasteiger partial charge is 0.223 e. The number of aryl methyl sites for hydroxylation is 1. The largest absolute Gasteiger partial charge is 0.459 e. The fraction of sp³-hybridized carbons (Fsp3) is 0.353. The third-order valence-electron chi connectivity index (χ3n) is 3.52. The maximum Gasteiger partial charge on any atom is 0.223 e. The number of nitrogens with zero attached hydrogens (tertiary/aromatic N) is 3. The first kappa shape index (κ1) is 16.0. The number of aromatic nitrogens is 2. The first-order valence-electron chi connectivity index (χ1n) is 7.98. The average Bonchev–Trinajstić information content (AvgIpc) is 3.18. The molecule has 126 valence electrons. The second-order valence-corrected chi connectivity index (χ2v) is 5.48. The van der Waals surface area contributed by atoms with Gasteiger partial charge in [-0.15, -0.1) is 0 Å². The van der Waals surface area contributed by atoms with Gasteiger partial charge in [-0.2, -0.15) is 4.98 Å². The third-order valence-corrected chi connectivity index (χ3v) is 3.52. The predicted octanol–water partition coefficient (Wildman–Crippen LogP) is 2.94. The number of guanidine groups is 1. The Balaban J connectivity index is 1.71. The minimum atomic E-state index is -0.0257. The normalized spacial score (nSPS) is 13.2. The summed E-state index contributed by atoms with van der Waals surface area (Å²) in [6.45, 7) is 6.90. The Bertz CT molecular complexity index is 803. The number of hydrogen-bond acceptors (Lipinski definition) is 5. The standard InChI is InChI=1S/C17H21N5O2/c1-4-18-17(19-10-16-21-12(3)24-22-16)20-11(2)15-9-13-7-5-6-8-14(13)23-15/h5-9,11H,4,10H2,1-3H3,(H2,18,19,20). The van der Waals surface area contributed by atoms with E-state index < -0.39 is 0 Å². The summed E-state index contributed by atoms with van der Waals surface area (Å²) in [5.41, 5.74) is 0.880. The van der Waals surface area contributed by atoms with E-state index in [2.05, 4.69) is 25.8 Å². The summed E-state index contributed by atoms with van der Waals surface area (Å²) in [6.07, 6.45) is 0. The van der Waals surface area contributed by atoms with Crippen LogP contribution in [0.15, 0.2) is 44.3 Å². The highest BCUT2D eigenvalue weighted by Gasteiger charge is 2.13. The van der Waals surface area contributed by atoms with Gasteiger partial charge in [0, 0.05) is 18.9 Å². The van der Waals surface area contributed by atoms with Gasteiger partial charge in [0.1, 0.15) is 17.9 Å². The van der Waals surface area contributed by atoms with Crippen LogP contribution in [0.4, 0.5) is 0 Å². The number of furan rings is 1. The number of hydrogen-bond donors (Lipinski definition) is 2. The number of rotatable bonds is 5. The molecule has 0 bridgehead atoms. The SMILES string of the molecule is CCNC(=NCc1noc(C)n1)NC(C)c1cc2ccccc2o1. The molecule has 0 amide bonds. The maximum atomic E-state index is 5.89. The van der Waals surface area contributed by atoms with Crippen molar-refractivity contribution in [1.29, 1.82) is 0 Å². The number of aliphatic imine (C=N–C) groups is 1. The topological polar surface area (TPSA) is 88.5 Å². The van der Waals surface area contributed by atoms with E-state index in [0.29, 0.717) is 24.2 Å². The van der Waals surface area contributed by atoms with Gasteiger partial charge < -0.3 is 19.6 Å². The van der Waals surface area contributed by atoms with Crippen LogP contribution < -0.4 is 10.6 Å². The second kappa shape index (κ2) is 7.16. The third kappa shape index (κ3) is 3.73. The van der Waals surface area contributed by atoms with Crippen molar-refractivity contribution >= 4 is 16.9 Å². The summed E-state index contributed by atoms with van der Waals surface area (Å²) < 4.78 is 10.8. The fourth-order valence-electron chi connectivity index (χ4n) is 2.37. The summed E-state index contributed by atoms with van der Waals surface area (Å²) in [6, 6.07) is 9.97. The molecule has 0 fully saturated rings. The number of benzene rings is 1. The van der Waals surface area contributed by atoms with Crippen molar-refractivity contribution in [2.24, 2.45) is 4.99 Å².